The summed E-state index contributed by atoms with van der Waals surface area (Å²) >= 11 is 6.10. The average Bonchev–Trinajstić information content (AvgIpc) is 3.13. The fourth-order valence-corrected chi connectivity index (χ4v) is 3.73. The van der Waals surface area contributed by atoms with Crippen molar-refractivity contribution in [3.05, 3.63) is 47.4 Å². The molecule has 5 nitrogen and oxygen atoms in total. The molecule has 1 saturated heterocycles. The maximum Gasteiger partial charge on any atom is 0.224 e. The van der Waals surface area contributed by atoms with Crippen LogP contribution in [0.25, 0.3) is 0 Å². The van der Waals surface area contributed by atoms with Gasteiger partial charge in [-0.05, 0) is 56.0 Å². The predicted molar refractivity (Wildman–Crippen MR) is 103 cm³/mol. The minimum atomic E-state index is 0.0261. The van der Waals surface area contributed by atoms with Gasteiger partial charge in [-0.15, -0.1) is 0 Å². The highest BCUT2D eigenvalue weighted by molar-refractivity contribution is 6.32. The molecule has 0 bridgehead atoms. The third-order valence-electron chi connectivity index (χ3n) is 4.80. The van der Waals surface area contributed by atoms with E-state index in [2.05, 4.69) is 10.2 Å². The first kappa shape index (κ1) is 18.8. The molecular weight excluding hydrogens is 352 g/mol. The number of halogens is 1. The van der Waals surface area contributed by atoms with E-state index in [9.17, 15) is 4.79 Å². The van der Waals surface area contributed by atoms with Crippen molar-refractivity contribution in [3.63, 3.8) is 0 Å². The van der Waals surface area contributed by atoms with Gasteiger partial charge in [0.1, 0.15) is 5.75 Å². The van der Waals surface area contributed by atoms with Gasteiger partial charge < -0.3 is 14.5 Å². The zero-order valence-corrected chi connectivity index (χ0v) is 15.8. The summed E-state index contributed by atoms with van der Waals surface area (Å²) in [5, 5.41) is 3.41. The van der Waals surface area contributed by atoms with Gasteiger partial charge in [-0.2, -0.15) is 0 Å². The number of likely N-dealkylation sites (tertiary alicyclic amines) is 1. The van der Waals surface area contributed by atoms with Crippen molar-refractivity contribution in [3.8, 4) is 5.75 Å². The molecule has 6 heteroatoms. The molecule has 0 radical (unpaired) electrons. The van der Waals surface area contributed by atoms with Crippen LogP contribution in [0.15, 0.2) is 41.2 Å². The standard InChI is InChI=1S/C20H25ClN2O3/c1-25-19-6-5-17(11-18(19)21)22-20(24)7-4-15-3-2-9-23(12-15)13-16-8-10-26-14-16/h5-6,8,10-11,14-15H,2-4,7,9,12-13H2,1H3,(H,22,24)/t15-/m1/s1. The molecule has 0 spiro atoms. The first-order valence-electron chi connectivity index (χ1n) is 9.01. The number of nitrogens with zero attached hydrogens (tertiary/aromatic N) is 1. The van der Waals surface area contributed by atoms with Crippen LogP contribution in [0.5, 0.6) is 5.75 Å². The lowest BCUT2D eigenvalue weighted by Gasteiger charge is -2.32. The maximum atomic E-state index is 12.2. The number of furan rings is 1. The number of nitrogens with one attached hydrogen (secondary N) is 1. The fraction of sp³-hybridized carbons (Fsp3) is 0.450. The molecule has 0 saturated carbocycles. The third kappa shape index (κ3) is 5.26. The number of hydrogen-bond acceptors (Lipinski definition) is 4. The van der Waals surface area contributed by atoms with Crippen molar-refractivity contribution in [2.24, 2.45) is 5.92 Å². The minimum absolute atomic E-state index is 0.0261. The Morgan fingerprint density at radius 1 is 1.42 bits per heavy atom. The van der Waals surface area contributed by atoms with Gasteiger partial charge in [-0.3, -0.25) is 9.69 Å². The number of amides is 1. The summed E-state index contributed by atoms with van der Waals surface area (Å²) in [6.45, 7) is 3.06. The van der Waals surface area contributed by atoms with E-state index in [1.807, 2.05) is 6.07 Å². The molecule has 1 fully saturated rings. The quantitative estimate of drug-likeness (QED) is 0.768. The maximum absolute atomic E-state index is 12.2. The molecule has 2 aromatic rings. The average molecular weight is 377 g/mol. The van der Waals surface area contributed by atoms with Crippen LogP contribution in [0.3, 0.4) is 0 Å². The molecule has 1 aromatic heterocycles. The fourth-order valence-electron chi connectivity index (χ4n) is 3.47. The van der Waals surface area contributed by atoms with Gasteiger partial charge in [0.25, 0.3) is 0 Å². The number of benzene rings is 1. The van der Waals surface area contributed by atoms with Crippen molar-refractivity contribution in [1.29, 1.82) is 0 Å². The normalized spacial score (nSPS) is 17.8. The molecule has 2 heterocycles. The van der Waals surface area contributed by atoms with Gasteiger partial charge in [0, 0.05) is 30.8 Å². The predicted octanol–water partition coefficient (Wildman–Crippen LogP) is 4.57. The van der Waals surface area contributed by atoms with Crippen LogP contribution < -0.4 is 10.1 Å². The molecule has 26 heavy (non-hydrogen) atoms. The molecule has 1 N–H and O–H groups in total. The summed E-state index contributed by atoms with van der Waals surface area (Å²) in [4.78, 5) is 14.7. The summed E-state index contributed by atoms with van der Waals surface area (Å²) in [6.07, 6.45) is 7.30. The van der Waals surface area contributed by atoms with E-state index >= 15 is 0 Å². The Bertz CT molecular complexity index is 718. The van der Waals surface area contributed by atoms with Crippen LogP contribution in [0.1, 0.15) is 31.2 Å². The molecular formula is C20H25ClN2O3. The van der Waals surface area contributed by atoms with Crippen LogP contribution in [-0.2, 0) is 11.3 Å². The number of carbonyl (C=O) groups excluding carboxylic acids is 1. The number of hydrogen-bond donors (Lipinski definition) is 1. The molecule has 1 aliphatic rings. The summed E-state index contributed by atoms with van der Waals surface area (Å²) in [6, 6.07) is 7.28. The zero-order chi connectivity index (χ0) is 18.4. The lowest BCUT2D eigenvalue weighted by atomic mass is 9.93. The van der Waals surface area contributed by atoms with Crippen LogP contribution in [0.2, 0.25) is 5.02 Å². The summed E-state index contributed by atoms with van der Waals surface area (Å²) in [5.74, 6) is 1.18. The van der Waals surface area contributed by atoms with Crippen molar-refractivity contribution in [1.82, 2.24) is 4.90 Å². The molecule has 3 rings (SSSR count). The number of ether oxygens (including phenoxy) is 1. The summed E-state index contributed by atoms with van der Waals surface area (Å²) in [7, 11) is 1.57. The second-order valence-corrected chi connectivity index (χ2v) is 7.22. The van der Waals surface area contributed by atoms with Crippen LogP contribution in [0, 0.1) is 5.92 Å². The van der Waals surface area contributed by atoms with Crippen LogP contribution in [-0.4, -0.2) is 31.0 Å². The molecule has 0 aliphatic carbocycles. The van der Waals surface area contributed by atoms with Crippen molar-refractivity contribution < 1.29 is 13.9 Å². The number of rotatable bonds is 7. The Kier molecular flexibility index (Phi) is 6.58. The highest BCUT2D eigenvalue weighted by atomic mass is 35.5. The molecule has 140 valence electrons. The van der Waals surface area contributed by atoms with Crippen molar-refractivity contribution >= 4 is 23.2 Å². The van der Waals surface area contributed by atoms with Gasteiger partial charge in [-0.25, -0.2) is 0 Å². The first-order chi connectivity index (χ1) is 12.6. The van der Waals surface area contributed by atoms with E-state index in [4.69, 9.17) is 20.8 Å². The highest BCUT2D eigenvalue weighted by Gasteiger charge is 2.21. The second kappa shape index (κ2) is 9.10. The van der Waals surface area contributed by atoms with Crippen LogP contribution >= 0.6 is 11.6 Å². The lowest BCUT2D eigenvalue weighted by molar-refractivity contribution is -0.116. The first-order valence-corrected chi connectivity index (χ1v) is 9.38. The van der Waals surface area contributed by atoms with E-state index in [-0.39, 0.29) is 5.91 Å². The molecule has 0 unspecified atom stereocenters. The number of anilines is 1. The Morgan fingerprint density at radius 3 is 3.04 bits per heavy atom. The Balaban J connectivity index is 1.44. The summed E-state index contributed by atoms with van der Waals surface area (Å²) < 4.78 is 10.3. The Labute approximate surface area is 159 Å². The Hall–Kier alpha value is -1.98. The van der Waals surface area contributed by atoms with Gasteiger partial charge >= 0.3 is 0 Å². The lowest BCUT2D eigenvalue weighted by Crippen LogP contribution is -2.35. The number of carbonyl (C=O) groups is 1. The topological polar surface area (TPSA) is 54.7 Å². The molecule has 1 aromatic carbocycles. The van der Waals surface area contributed by atoms with Crippen molar-refractivity contribution in [2.75, 3.05) is 25.5 Å². The highest BCUT2D eigenvalue weighted by Crippen LogP contribution is 2.27. The largest absolute Gasteiger partial charge is 0.495 e. The van der Waals surface area contributed by atoms with Gasteiger partial charge in [0.05, 0.1) is 24.7 Å². The van der Waals surface area contributed by atoms with Gasteiger partial charge in [-0.1, -0.05) is 11.6 Å². The molecule has 1 aliphatic heterocycles. The SMILES string of the molecule is COc1ccc(NC(=O)CC[C@H]2CCCN(Cc3ccoc3)C2)cc1Cl. The summed E-state index contributed by atoms with van der Waals surface area (Å²) in [5.41, 5.74) is 1.91. The van der Waals surface area contributed by atoms with E-state index < -0.39 is 0 Å². The van der Waals surface area contributed by atoms with Crippen molar-refractivity contribution in [2.45, 2.75) is 32.2 Å². The zero-order valence-electron chi connectivity index (χ0n) is 15.0. The Morgan fingerprint density at radius 2 is 2.31 bits per heavy atom. The van der Waals surface area contributed by atoms with E-state index in [1.54, 1.807) is 37.8 Å². The van der Waals surface area contributed by atoms with E-state index in [0.29, 0.717) is 28.8 Å². The van der Waals surface area contributed by atoms with E-state index in [1.165, 1.54) is 18.4 Å². The molecule has 1 amide bonds. The smallest absolute Gasteiger partial charge is 0.224 e. The third-order valence-corrected chi connectivity index (χ3v) is 5.10. The number of methoxy groups -OCH3 is 1. The minimum Gasteiger partial charge on any atom is -0.495 e. The molecule has 1 atom stereocenters. The van der Waals surface area contributed by atoms with E-state index in [0.717, 1.165) is 26.1 Å². The van der Waals surface area contributed by atoms with Crippen LogP contribution in [0.4, 0.5) is 5.69 Å². The van der Waals surface area contributed by atoms with Gasteiger partial charge in [0.15, 0.2) is 0 Å². The monoisotopic (exact) mass is 376 g/mol. The van der Waals surface area contributed by atoms with Gasteiger partial charge in [0.2, 0.25) is 5.91 Å². The second-order valence-electron chi connectivity index (χ2n) is 6.81. The number of piperidine rings is 1.